The van der Waals surface area contributed by atoms with E-state index in [1.54, 1.807) is 0 Å². The van der Waals surface area contributed by atoms with Crippen LogP contribution < -0.4 is 21.5 Å². The zero-order valence-electron chi connectivity index (χ0n) is 12.7. The molecule has 0 radical (unpaired) electrons. The summed E-state index contributed by atoms with van der Waals surface area (Å²) >= 11 is 0. The maximum atomic E-state index is 5.47. The summed E-state index contributed by atoms with van der Waals surface area (Å²) in [6, 6.07) is 0. The lowest BCUT2D eigenvalue weighted by Crippen LogP contribution is -2.24. The number of hydrazine groups is 1. The standard InChI is InChI=1S/C14H25N7/c1-10-4-5-11(8-10)9-16-12-17-13(20-15)19-14(18-12)21-6-2-3-7-21/h10-11H,2-9,15H2,1H3,(H2,16,17,18,19,20). The second-order valence-electron chi connectivity index (χ2n) is 6.29. The Labute approximate surface area is 125 Å². The van der Waals surface area contributed by atoms with Crippen LogP contribution in [0.1, 0.15) is 39.0 Å². The van der Waals surface area contributed by atoms with Crippen molar-refractivity contribution in [3.8, 4) is 0 Å². The molecule has 1 aromatic rings. The Morgan fingerprint density at radius 3 is 2.57 bits per heavy atom. The third kappa shape index (κ3) is 3.53. The lowest BCUT2D eigenvalue weighted by molar-refractivity contribution is 0.536. The van der Waals surface area contributed by atoms with Crippen molar-refractivity contribution >= 4 is 17.8 Å². The van der Waals surface area contributed by atoms with Crippen LogP contribution >= 0.6 is 0 Å². The van der Waals surface area contributed by atoms with Gasteiger partial charge >= 0.3 is 0 Å². The Morgan fingerprint density at radius 1 is 1.14 bits per heavy atom. The van der Waals surface area contributed by atoms with Crippen LogP contribution in [-0.4, -0.2) is 34.6 Å². The first-order valence-electron chi connectivity index (χ1n) is 7.96. The Kier molecular flexibility index (Phi) is 4.38. The predicted octanol–water partition coefficient (Wildman–Crippen LogP) is 1.61. The van der Waals surface area contributed by atoms with Gasteiger partial charge in [0.2, 0.25) is 17.8 Å². The number of nitrogens with two attached hydrogens (primary N) is 1. The number of nitrogens with one attached hydrogen (secondary N) is 2. The minimum Gasteiger partial charge on any atom is -0.354 e. The van der Waals surface area contributed by atoms with Gasteiger partial charge in [-0.25, -0.2) is 5.84 Å². The Morgan fingerprint density at radius 2 is 1.90 bits per heavy atom. The third-order valence-corrected chi connectivity index (χ3v) is 4.49. The van der Waals surface area contributed by atoms with E-state index in [9.17, 15) is 0 Å². The number of hydrogen-bond acceptors (Lipinski definition) is 7. The van der Waals surface area contributed by atoms with Gasteiger partial charge in [-0.05, 0) is 37.5 Å². The first-order valence-corrected chi connectivity index (χ1v) is 7.96. The van der Waals surface area contributed by atoms with Gasteiger partial charge in [-0.15, -0.1) is 0 Å². The van der Waals surface area contributed by atoms with Crippen LogP contribution in [0.2, 0.25) is 0 Å². The van der Waals surface area contributed by atoms with Crippen LogP contribution in [0, 0.1) is 11.8 Å². The Balaban J connectivity index is 1.67. The minimum absolute atomic E-state index is 0.425. The molecule has 0 aromatic carbocycles. The normalized spacial score (nSPS) is 25.3. The fraction of sp³-hybridized carbons (Fsp3) is 0.786. The zero-order valence-corrected chi connectivity index (χ0v) is 12.7. The summed E-state index contributed by atoms with van der Waals surface area (Å²) in [4.78, 5) is 15.4. The van der Waals surface area contributed by atoms with Crippen LogP contribution in [0.25, 0.3) is 0 Å². The number of rotatable bonds is 5. The fourth-order valence-corrected chi connectivity index (χ4v) is 3.31. The maximum Gasteiger partial charge on any atom is 0.243 e. The van der Waals surface area contributed by atoms with Crippen molar-refractivity contribution in [2.45, 2.75) is 39.0 Å². The Bertz CT molecular complexity index is 472. The highest BCUT2D eigenvalue weighted by molar-refractivity contribution is 5.43. The summed E-state index contributed by atoms with van der Waals surface area (Å²) in [5.74, 6) is 8.81. The van der Waals surface area contributed by atoms with Crippen LogP contribution in [-0.2, 0) is 0 Å². The molecule has 2 heterocycles. The molecule has 1 aliphatic heterocycles. The van der Waals surface area contributed by atoms with Crippen molar-refractivity contribution in [3.05, 3.63) is 0 Å². The topological polar surface area (TPSA) is 92.0 Å². The quantitative estimate of drug-likeness (QED) is 0.560. The average Bonchev–Trinajstić information content (AvgIpc) is 3.16. The van der Waals surface area contributed by atoms with E-state index in [1.807, 2.05) is 0 Å². The second kappa shape index (κ2) is 6.43. The van der Waals surface area contributed by atoms with Gasteiger partial charge in [0.05, 0.1) is 0 Å². The number of nitrogens with zero attached hydrogens (tertiary/aromatic N) is 4. The molecule has 1 saturated carbocycles. The van der Waals surface area contributed by atoms with Gasteiger partial charge < -0.3 is 10.2 Å². The van der Waals surface area contributed by atoms with Gasteiger partial charge in [0.15, 0.2) is 0 Å². The van der Waals surface area contributed by atoms with E-state index in [0.717, 1.165) is 37.4 Å². The highest BCUT2D eigenvalue weighted by atomic mass is 15.4. The molecule has 4 N–H and O–H groups in total. The molecule has 2 unspecified atom stereocenters. The first kappa shape index (κ1) is 14.3. The van der Waals surface area contributed by atoms with Crippen molar-refractivity contribution in [3.63, 3.8) is 0 Å². The van der Waals surface area contributed by atoms with Crippen molar-refractivity contribution in [2.24, 2.45) is 17.7 Å². The smallest absolute Gasteiger partial charge is 0.243 e. The molecule has 0 amide bonds. The highest BCUT2D eigenvalue weighted by Gasteiger charge is 2.22. The molecule has 1 aromatic heterocycles. The van der Waals surface area contributed by atoms with Crippen LogP contribution in [0.15, 0.2) is 0 Å². The average molecular weight is 291 g/mol. The lowest BCUT2D eigenvalue weighted by Gasteiger charge is -2.17. The monoisotopic (exact) mass is 291 g/mol. The summed E-state index contributed by atoms with van der Waals surface area (Å²) in [5.41, 5.74) is 2.54. The van der Waals surface area contributed by atoms with Crippen molar-refractivity contribution in [2.75, 3.05) is 35.3 Å². The molecule has 0 bridgehead atoms. The van der Waals surface area contributed by atoms with Crippen molar-refractivity contribution in [1.29, 1.82) is 0 Å². The summed E-state index contributed by atoms with van der Waals surface area (Å²) < 4.78 is 0. The van der Waals surface area contributed by atoms with Gasteiger partial charge in [0.1, 0.15) is 0 Å². The van der Waals surface area contributed by atoms with E-state index in [4.69, 9.17) is 5.84 Å². The number of hydrogen-bond donors (Lipinski definition) is 3. The fourth-order valence-electron chi connectivity index (χ4n) is 3.31. The SMILES string of the molecule is CC1CCC(CNc2nc(NN)nc(N3CCCC3)n2)C1. The van der Waals surface area contributed by atoms with E-state index in [2.05, 4.69) is 37.5 Å². The lowest BCUT2D eigenvalue weighted by atomic mass is 10.1. The van der Waals surface area contributed by atoms with E-state index >= 15 is 0 Å². The van der Waals surface area contributed by atoms with Crippen molar-refractivity contribution in [1.82, 2.24) is 15.0 Å². The molecular formula is C14H25N7. The molecule has 1 aliphatic carbocycles. The molecule has 7 nitrogen and oxygen atoms in total. The molecule has 7 heteroatoms. The summed E-state index contributed by atoms with van der Waals surface area (Å²) in [7, 11) is 0. The van der Waals surface area contributed by atoms with E-state index in [0.29, 0.717) is 11.9 Å². The zero-order chi connectivity index (χ0) is 14.7. The number of nitrogen functional groups attached to an aromatic ring is 1. The summed E-state index contributed by atoms with van der Waals surface area (Å²) in [6.45, 7) is 5.27. The molecule has 2 atom stereocenters. The second-order valence-corrected chi connectivity index (χ2v) is 6.29. The van der Waals surface area contributed by atoms with Gasteiger partial charge in [0, 0.05) is 19.6 Å². The van der Waals surface area contributed by atoms with E-state index in [1.165, 1.54) is 32.1 Å². The van der Waals surface area contributed by atoms with Gasteiger partial charge in [0.25, 0.3) is 0 Å². The number of aromatic nitrogens is 3. The molecule has 1 saturated heterocycles. The first-order chi connectivity index (χ1) is 10.2. The van der Waals surface area contributed by atoms with Crippen LogP contribution in [0.5, 0.6) is 0 Å². The van der Waals surface area contributed by atoms with Crippen LogP contribution in [0.3, 0.4) is 0 Å². The molecule has 0 spiro atoms. The molecule has 2 fully saturated rings. The predicted molar refractivity (Wildman–Crippen MR) is 84.1 cm³/mol. The number of anilines is 3. The summed E-state index contributed by atoms with van der Waals surface area (Å²) in [5, 5.41) is 3.36. The molecule has 3 rings (SSSR count). The maximum absolute atomic E-state index is 5.47. The molecule has 2 aliphatic rings. The summed E-state index contributed by atoms with van der Waals surface area (Å²) in [6.07, 6.45) is 6.30. The molecule has 116 valence electrons. The molecule has 21 heavy (non-hydrogen) atoms. The van der Waals surface area contributed by atoms with Gasteiger partial charge in [-0.3, -0.25) is 5.43 Å². The third-order valence-electron chi connectivity index (χ3n) is 4.49. The van der Waals surface area contributed by atoms with Gasteiger partial charge in [-0.2, -0.15) is 15.0 Å². The van der Waals surface area contributed by atoms with Crippen LogP contribution in [0.4, 0.5) is 17.8 Å². The minimum atomic E-state index is 0.425. The highest BCUT2D eigenvalue weighted by Crippen LogP contribution is 2.30. The van der Waals surface area contributed by atoms with Gasteiger partial charge in [-0.1, -0.05) is 13.3 Å². The van der Waals surface area contributed by atoms with Crippen molar-refractivity contribution < 1.29 is 0 Å². The Hall–Kier alpha value is -1.63. The van der Waals surface area contributed by atoms with E-state index in [-0.39, 0.29) is 0 Å². The largest absolute Gasteiger partial charge is 0.354 e. The van der Waals surface area contributed by atoms with E-state index < -0.39 is 0 Å². The molecular weight excluding hydrogens is 266 g/mol.